The molecule has 2 N–H and O–H groups in total. The molecule has 0 aliphatic carbocycles. The highest BCUT2D eigenvalue weighted by Gasteiger charge is 2.21. The summed E-state index contributed by atoms with van der Waals surface area (Å²) >= 11 is 0. The SMILES string of the molecule is Cc1cccc(C)c1NC(=O)CN(C)C(C)C(=O)Nc1ccc(F)cc1F. The van der Waals surface area contributed by atoms with Crippen molar-refractivity contribution in [2.24, 2.45) is 0 Å². The summed E-state index contributed by atoms with van der Waals surface area (Å²) in [5.41, 5.74) is 2.54. The van der Waals surface area contributed by atoms with Crippen LogP contribution in [0, 0.1) is 25.5 Å². The molecule has 2 aromatic carbocycles. The zero-order valence-corrected chi connectivity index (χ0v) is 15.8. The zero-order valence-electron chi connectivity index (χ0n) is 15.8. The van der Waals surface area contributed by atoms with Crippen LogP contribution in [0.4, 0.5) is 20.2 Å². The van der Waals surface area contributed by atoms with Crippen LogP contribution in [0.1, 0.15) is 18.1 Å². The number of carbonyl (C=O) groups is 2. The van der Waals surface area contributed by atoms with Crippen molar-refractivity contribution in [1.29, 1.82) is 0 Å². The van der Waals surface area contributed by atoms with Crippen LogP contribution in [0.3, 0.4) is 0 Å². The minimum Gasteiger partial charge on any atom is -0.324 e. The number of nitrogens with one attached hydrogen (secondary N) is 2. The van der Waals surface area contributed by atoms with E-state index in [1.54, 1.807) is 18.9 Å². The Morgan fingerprint density at radius 3 is 2.30 bits per heavy atom. The van der Waals surface area contributed by atoms with Crippen molar-refractivity contribution in [2.45, 2.75) is 26.8 Å². The van der Waals surface area contributed by atoms with Crippen molar-refractivity contribution in [2.75, 3.05) is 24.2 Å². The first-order valence-corrected chi connectivity index (χ1v) is 8.51. The lowest BCUT2D eigenvalue weighted by Gasteiger charge is -2.23. The van der Waals surface area contributed by atoms with Crippen molar-refractivity contribution >= 4 is 23.2 Å². The fourth-order valence-electron chi connectivity index (χ4n) is 2.58. The maximum atomic E-state index is 13.7. The summed E-state index contributed by atoms with van der Waals surface area (Å²) in [5.74, 6) is -2.34. The molecular formula is C20H23F2N3O2. The third kappa shape index (κ3) is 5.34. The lowest BCUT2D eigenvalue weighted by molar-refractivity contribution is -0.122. The zero-order chi connectivity index (χ0) is 20.1. The van der Waals surface area contributed by atoms with Gasteiger partial charge in [-0.15, -0.1) is 0 Å². The highest BCUT2D eigenvalue weighted by Crippen LogP contribution is 2.19. The van der Waals surface area contributed by atoms with Crippen LogP contribution >= 0.6 is 0 Å². The van der Waals surface area contributed by atoms with E-state index in [1.165, 1.54) is 0 Å². The monoisotopic (exact) mass is 375 g/mol. The van der Waals surface area contributed by atoms with Gasteiger partial charge in [0, 0.05) is 11.8 Å². The van der Waals surface area contributed by atoms with Gasteiger partial charge >= 0.3 is 0 Å². The molecule has 5 nitrogen and oxygen atoms in total. The van der Waals surface area contributed by atoms with E-state index in [2.05, 4.69) is 10.6 Å². The first-order valence-electron chi connectivity index (χ1n) is 8.51. The van der Waals surface area contributed by atoms with E-state index in [4.69, 9.17) is 0 Å². The van der Waals surface area contributed by atoms with Crippen LogP contribution < -0.4 is 10.6 Å². The summed E-state index contributed by atoms with van der Waals surface area (Å²) in [4.78, 5) is 26.2. The number of carbonyl (C=O) groups excluding carboxylic acids is 2. The predicted molar refractivity (Wildman–Crippen MR) is 102 cm³/mol. The lowest BCUT2D eigenvalue weighted by atomic mass is 10.1. The van der Waals surface area contributed by atoms with Crippen molar-refractivity contribution in [3.63, 3.8) is 0 Å². The standard InChI is InChI=1S/C20H23F2N3O2/c1-12-6-5-7-13(2)19(12)24-18(26)11-25(4)14(3)20(27)23-17-9-8-15(21)10-16(17)22/h5-10,14H,11H2,1-4H3,(H,23,27)(H,24,26). The fraction of sp³-hybridized carbons (Fsp3) is 0.300. The Kier molecular flexibility index (Phi) is 6.63. The van der Waals surface area contributed by atoms with Gasteiger partial charge in [-0.25, -0.2) is 8.78 Å². The molecule has 1 unspecified atom stereocenters. The molecular weight excluding hydrogens is 352 g/mol. The van der Waals surface area contributed by atoms with Crippen LogP contribution in [-0.4, -0.2) is 36.3 Å². The third-order valence-electron chi connectivity index (χ3n) is 4.37. The maximum absolute atomic E-state index is 13.7. The van der Waals surface area contributed by atoms with E-state index in [9.17, 15) is 18.4 Å². The Labute approximate surface area is 157 Å². The summed E-state index contributed by atoms with van der Waals surface area (Å²) in [7, 11) is 1.62. The van der Waals surface area contributed by atoms with Gasteiger partial charge in [-0.2, -0.15) is 0 Å². The molecule has 2 aromatic rings. The number of rotatable bonds is 6. The molecule has 2 rings (SSSR count). The topological polar surface area (TPSA) is 61.4 Å². The second-order valence-electron chi connectivity index (χ2n) is 6.52. The van der Waals surface area contributed by atoms with Gasteiger partial charge in [0.2, 0.25) is 11.8 Å². The predicted octanol–water partition coefficient (Wildman–Crippen LogP) is 3.48. The largest absolute Gasteiger partial charge is 0.324 e. The second-order valence-corrected chi connectivity index (χ2v) is 6.52. The molecule has 0 bridgehead atoms. The molecule has 0 aliphatic rings. The first-order chi connectivity index (χ1) is 12.7. The van der Waals surface area contributed by atoms with E-state index in [0.29, 0.717) is 6.07 Å². The molecule has 1 atom stereocenters. The van der Waals surface area contributed by atoms with Crippen molar-refractivity contribution < 1.29 is 18.4 Å². The molecule has 0 radical (unpaired) electrons. The van der Waals surface area contributed by atoms with Crippen molar-refractivity contribution in [3.8, 4) is 0 Å². The molecule has 7 heteroatoms. The summed E-state index contributed by atoms with van der Waals surface area (Å²) in [6, 6.07) is 7.93. The minimum atomic E-state index is -0.856. The molecule has 0 fully saturated rings. The van der Waals surface area contributed by atoms with Gasteiger partial charge in [-0.1, -0.05) is 18.2 Å². The highest BCUT2D eigenvalue weighted by molar-refractivity contribution is 5.96. The lowest BCUT2D eigenvalue weighted by Crippen LogP contribution is -2.43. The number of nitrogens with zero attached hydrogens (tertiary/aromatic N) is 1. The van der Waals surface area contributed by atoms with Gasteiger partial charge in [0.25, 0.3) is 0 Å². The van der Waals surface area contributed by atoms with Gasteiger partial charge in [0.1, 0.15) is 11.6 Å². The van der Waals surface area contributed by atoms with Gasteiger partial charge in [0.15, 0.2) is 0 Å². The van der Waals surface area contributed by atoms with Crippen molar-refractivity contribution in [1.82, 2.24) is 4.90 Å². The van der Waals surface area contributed by atoms with Gasteiger partial charge in [0.05, 0.1) is 18.3 Å². The molecule has 0 aromatic heterocycles. The number of benzene rings is 2. The Bertz CT molecular complexity index is 835. The fourth-order valence-corrected chi connectivity index (χ4v) is 2.58. The molecule has 0 heterocycles. The Morgan fingerprint density at radius 1 is 1.07 bits per heavy atom. The molecule has 0 aliphatic heterocycles. The van der Waals surface area contributed by atoms with E-state index in [1.807, 2.05) is 32.0 Å². The third-order valence-corrected chi connectivity index (χ3v) is 4.37. The summed E-state index contributed by atoms with van der Waals surface area (Å²) in [6.45, 7) is 5.39. The first kappa shape index (κ1) is 20.5. The number of hydrogen-bond acceptors (Lipinski definition) is 3. The summed E-state index contributed by atoms with van der Waals surface area (Å²) in [5, 5.41) is 5.26. The molecule has 0 spiro atoms. The highest BCUT2D eigenvalue weighted by atomic mass is 19.1. The maximum Gasteiger partial charge on any atom is 0.241 e. The van der Waals surface area contributed by atoms with E-state index in [0.717, 1.165) is 28.9 Å². The average Bonchev–Trinajstić information content (AvgIpc) is 2.60. The second kappa shape index (κ2) is 8.73. The molecule has 0 saturated heterocycles. The number of amides is 2. The number of halogens is 2. The van der Waals surface area contributed by atoms with Gasteiger partial charge in [-0.05, 0) is 51.1 Å². The van der Waals surface area contributed by atoms with Crippen LogP contribution in [0.15, 0.2) is 36.4 Å². The van der Waals surface area contributed by atoms with E-state index in [-0.39, 0.29) is 18.1 Å². The quantitative estimate of drug-likeness (QED) is 0.813. The summed E-state index contributed by atoms with van der Waals surface area (Å²) < 4.78 is 26.6. The van der Waals surface area contributed by atoms with Crippen LogP contribution in [0.5, 0.6) is 0 Å². The molecule has 2 amide bonds. The number of hydrogen-bond donors (Lipinski definition) is 2. The number of para-hydroxylation sites is 1. The normalized spacial score (nSPS) is 12.0. The number of likely N-dealkylation sites (N-methyl/N-ethyl adjacent to an activating group) is 1. The van der Waals surface area contributed by atoms with Crippen LogP contribution in [0.25, 0.3) is 0 Å². The Balaban J connectivity index is 1.96. The van der Waals surface area contributed by atoms with E-state index >= 15 is 0 Å². The van der Waals surface area contributed by atoms with Crippen molar-refractivity contribution in [3.05, 3.63) is 59.2 Å². The molecule has 27 heavy (non-hydrogen) atoms. The van der Waals surface area contributed by atoms with Gasteiger partial charge in [-0.3, -0.25) is 14.5 Å². The number of anilines is 2. The summed E-state index contributed by atoms with van der Waals surface area (Å²) in [6.07, 6.45) is 0. The smallest absolute Gasteiger partial charge is 0.241 e. The number of aryl methyl sites for hydroxylation is 2. The Hall–Kier alpha value is -2.80. The molecule has 144 valence electrons. The van der Waals surface area contributed by atoms with E-state index < -0.39 is 23.6 Å². The van der Waals surface area contributed by atoms with Gasteiger partial charge < -0.3 is 10.6 Å². The van der Waals surface area contributed by atoms with Crippen LogP contribution in [0.2, 0.25) is 0 Å². The van der Waals surface area contributed by atoms with Crippen LogP contribution in [-0.2, 0) is 9.59 Å². The average molecular weight is 375 g/mol. The minimum absolute atomic E-state index is 0.0196. The molecule has 0 saturated carbocycles. The Morgan fingerprint density at radius 2 is 1.70 bits per heavy atom.